The molecular weight excluding hydrogens is 276 g/mol. The van der Waals surface area contributed by atoms with E-state index in [9.17, 15) is 4.79 Å². The minimum Gasteiger partial charge on any atom is -0.478 e. The molecule has 0 saturated carbocycles. The van der Waals surface area contributed by atoms with Crippen molar-refractivity contribution in [2.24, 2.45) is 0 Å². The number of benzene rings is 1. The Morgan fingerprint density at radius 3 is 2.36 bits per heavy atom. The summed E-state index contributed by atoms with van der Waals surface area (Å²) in [5, 5.41) is 8.56. The Balaban J connectivity index is 3.15. The molecule has 58 valence electrons. The maximum absolute atomic E-state index is 10.4. The van der Waals surface area contributed by atoms with Crippen molar-refractivity contribution in [2.45, 2.75) is 0 Å². The number of carboxylic acid groups (broad SMARTS) is 1. The highest BCUT2D eigenvalue weighted by Crippen LogP contribution is 2.23. The smallest absolute Gasteiger partial charge is 0.335 e. The first-order valence-electron chi connectivity index (χ1n) is 2.79. The van der Waals surface area contributed by atoms with Crippen LogP contribution in [0.5, 0.6) is 0 Å². The van der Waals surface area contributed by atoms with E-state index in [0.29, 0.717) is 0 Å². The molecule has 1 rings (SSSR count). The SMILES string of the molecule is O=C(O)c1ccc(Br)c(Br)c1. The molecule has 0 aliphatic carbocycles. The van der Waals surface area contributed by atoms with Gasteiger partial charge in [0, 0.05) is 8.95 Å². The maximum Gasteiger partial charge on any atom is 0.335 e. The third-order valence-corrected chi connectivity index (χ3v) is 3.05. The van der Waals surface area contributed by atoms with Gasteiger partial charge in [0.25, 0.3) is 0 Å². The number of carbonyl (C=O) groups is 1. The summed E-state index contributed by atoms with van der Waals surface area (Å²) in [6, 6.07) is 4.77. The molecule has 11 heavy (non-hydrogen) atoms. The Hall–Kier alpha value is -0.350. The summed E-state index contributed by atoms with van der Waals surface area (Å²) in [6.45, 7) is 0. The number of hydrogen-bond donors (Lipinski definition) is 1. The highest BCUT2D eigenvalue weighted by Gasteiger charge is 2.03. The second kappa shape index (κ2) is 3.36. The average Bonchev–Trinajstić information content (AvgIpc) is 1.94. The summed E-state index contributed by atoms with van der Waals surface area (Å²) < 4.78 is 1.60. The summed E-state index contributed by atoms with van der Waals surface area (Å²) in [5.41, 5.74) is 0.278. The third-order valence-electron chi connectivity index (χ3n) is 1.17. The van der Waals surface area contributed by atoms with E-state index in [0.717, 1.165) is 8.95 Å². The fourth-order valence-electron chi connectivity index (χ4n) is 0.629. The van der Waals surface area contributed by atoms with Gasteiger partial charge in [-0.2, -0.15) is 0 Å². The van der Waals surface area contributed by atoms with Crippen LogP contribution in [0.1, 0.15) is 10.4 Å². The van der Waals surface area contributed by atoms with Gasteiger partial charge in [0.05, 0.1) is 5.56 Å². The van der Waals surface area contributed by atoms with Gasteiger partial charge in [-0.25, -0.2) is 4.79 Å². The lowest BCUT2D eigenvalue weighted by Crippen LogP contribution is -1.95. The predicted molar refractivity (Wildman–Crippen MR) is 48.8 cm³/mol. The van der Waals surface area contributed by atoms with Gasteiger partial charge in [-0.15, -0.1) is 0 Å². The largest absolute Gasteiger partial charge is 0.478 e. The molecule has 0 unspecified atom stereocenters. The second-order valence-corrected chi connectivity index (χ2v) is 3.64. The molecule has 1 aromatic carbocycles. The Morgan fingerprint density at radius 1 is 1.27 bits per heavy atom. The number of halogens is 2. The van der Waals surface area contributed by atoms with E-state index in [1.54, 1.807) is 12.1 Å². The summed E-state index contributed by atoms with van der Waals surface area (Å²) in [7, 11) is 0. The minimum atomic E-state index is -0.918. The van der Waals surface area contributed by atoms with Crippen molar-refractivity contribution < 1.29 is 9.90 Å². The first-order valence-corrected chi connectivity index (χ1v) is 4.38. The zero-order chi connectivity index (χ0) is 8.43. The Kier molecular flexibility index (Phi) is 2.67. The molecule has 0 aromatic heterocycles. The quantitative estimate of drug-likeness (QED) is 0.858. The first kappa shape index (κ1) is 8.74. The molecule has 0 fully saturated rings. The molecule has 0 atom stereocenters. The summed E-state index contributed by atoms with van der Waals surface area (Å²) in [4.78, 5) is 10.4. The van der Waals surface area contributed by atoms with Gasteiger partial charge >= 0.3 is 5.97 Å². The Bertz CT molecular complexity index is 296. The van der Waals surface area contributed by atoms with Gasteiger partial charge in [-0.05, 0) is 50.1 Å². The van der Waals surface area contributed by atoms with E-state index in [-0.39, 0.29) is 5.56 Å². The molecular formula is C7H4Br2O2. The summed E-state index contributed by atoms with van der Waals surface area (Å²) in [6.07, 6.45) is 0. The lowest BCUT2D eigenvalue weighted by atomic mass is 10.2. The van der Waals surface area contributed by atoms with Crippen LogP contribution in [0.3, 0.4) is 0 Å². The van der Waals surface area contributed by atoms with E-state index in [2.05, 4.69) is 31.9 Å². The van der Waals surface area contributed by atoms with Gasteiger partial charge in [0.15, 0.2) is 0 Å². The molecule has 1 aromatic rings. The summed E-state index contributed by atoms with van der Waals surface area (Å²) in [5.74, 6) is -0.918. The van der Waals surface area contributed by atoms with Gasteiger partial charge in [0.1, 0.15) is 0 Å². The van der Waals surface area contributed by atoms with Crippen molar-refractivity contribution in [2.75, 3.05) is 0 Å². The van der Waals surface area contributed by atoms with Crippen molar-refractivity contribution in [3.63, 3.8) is 0 Å². The van der Waals surface area contributed by atoms with Crippen LogP contribution in [0, 0.1) is 0 Å². The Labute approximate surface area is 80.5 Å². The molecule has 0 aliphatic rings. The minimum absolute atomic E-state index is 0.278. The lowest BCUT2D eigenvalue weighted by molar-refractivity contribution is 0.0697. The highest BCUT2D eigenvalue weighted by atomic mass is 79.9. The van der Waals surface area contributed by atoms with E-state index in [1.165, 1.54) is 6.07 Å². The number of aromatic carboxylic acids is 1. The fraction of sp³-hybridized carbons (Fsp3) is 0. The maximum atomic E-state index is 10.4. The standard InChI is InChI=1S/C7H4Br2O2/c8-5-2-1-4(7(10)11)3-6(5)9/h1-3H,(H,10,11). The predicted octanol–water partition coefficient (Wildman–Crippen LogP) is 2.91. The van der Waals surface area contributed by atoms with Crippen LogP contribution in [0.15, 0.2) is 27.1 Å². The molecule has 0 radical (unpaired) electrons. The van der Waals surface area contributed by atoms with Crippen LogP contribution < -0.4 is 0 Å². The van der Waals surface area contributed by atoms with Crippen LogP contribution in [0.25, 0.3) is 0 Å². The van der Waals surface area contributed by atoms with E-state index in [1.807, 2.05) is 0 Å². The van der Waals surface area contributed by atoms with Crippen LogP contribution >= 0.6 is 31.9 Å². The Morgan fingerprint density at radius 2 is 1.91 bits per heavy atom. The third kappa shape index (κ3) is 2.04. The molecule has 0 amide bonds. The molecule has 4 heteroatoms. The number of hydrogen-bond acceptors (Lipinski definition) is 1. The number of carboxylic acids is 1. The number of rotatable bonds is 1. The van der Waals surface area contributed by atoms with Crippen molar-refractivity contribution in [1.29, 1.82) is 0 Å². The molecule has 0 aliphatic heterocycles. The normalized spacial score (nSPS) is 9.64. The van der Waals surface area contributed by atoms with Gasteiger partial charge in [0.2, 0.25) is 0 Å². The molecule has 0 heterocycles. The van der Waals surface area contributed by atoms with Gasteiger partial charge < -0.3 is 5.11 Å². The molecule has 2 nitrogen and oxygen atoms in total. The molecule has 0 saturated heterocycles. The van der Waals surface area contributed by atoms with Crippen LogP contribution in [0.4, 0.5) is 0 Å². The van der Waals surface area contributed by atoms with Gasteiger partial charge in [-0.1, -0.05) is 0 Å². The second-order valence-electron chi connectivity index (χ2n) is 1.93. The average molecular weight is 280 g/mol. The van der Waals surface area contributed by atoms with Crippen LogP contribution in [0.2, 0.25) is 0 Å². The highest BCUT2D eigenvalue weighted by molar-refractivity contribution is 9.13. The molecule has 0 spiro atoms. The van der Waals surface area contributed by atoms with E-state index < -0.39 is 5.97 Å². The lowest BCUT2D eigenvalue weighted by Gasteiger charge is -1.96. The molecule has 0 bridgehead atoms. The van der Waals surface area contributed by atoms with Crippen molar-refractivity contribution in [3.8, 4) is 0 Å². The monoisotopic (exact) mass is 278 g/mol. The first-order chi connectivity index (χ1) is 5.11. The van der Waals surface area contributed by atoms with Crippen molar-refractivity contribution in [3.05, 3.63) is 32.7 Å². The van der Waals surface area contributed by atoms with Crippen molar-refractivity contribution in [1.82, 2.24) is 0 Å². The fourth-order valence-corrected chi connectivity index (χ4v) is 1.25. The van der Waals surface area contributed by atoms with Crippen LogP contribution in [-0.2, 0) is 0 Å². The van der Waals surface area contributed by atoms with E-state index in [4.69, 9.17) is 5.11 Å². The topological polar surface area (TPSA) is 37.3 Å². The van der Waals surface area contributed by atoms with E-state index >= 15 is 0 Å². The van der Waals surface area contributed by atoms with Crippen molar-refractivity contribution >= 4 is 37.8 Å². The zero-order valence-corrected chi connectivity index (χ0v) is 8.52. The molecule has 1 N–H and O–H groups in total. The summed E-state index contributed by atoms with van der Waals surface area (Å²) >= 11 is 6.44. The zero-order valence-electron chi connectivity index (χ0n) is 5.34. The van der Waals surface area contributed by atoms with Gasteiger partial charge in [-0.3, -0.25) is 0 Å². The van der Waals surface area contributed by atoms with Crippen LogP contribution in [-0.4, -0.2) is 11.1 Å².